The lowest BCUT2D eigenvalue weighted by atomic mass is 10.2. The molecule has 1 aliphatic rings. The minimum Gasteiger partial charge on any atom is -0.371 e. The van der Waals surface area contributed by atoms with Gasteiger partial charge in [-0.15, -0.1) is 11.3 Å². The average Bonchev–Trinajstić information content (AvgIpc) is 3.14. The SMILES string of the molecule is Fc1ccc2c(c1)nc1n2[C@@H](CNCc2nccs2)COC1. The third-order valence-electron chi connectivity index (χ3n) is 3.77. The van der Waals surface area contributed by atoms with E-state index in [9.17, 15) is 4.39 Å². The number of fused-ring (bicyclic) bond motifs is 3. The molecule has 1 N–H and O–H groups in total. The van der Waals surface area contributed by atoms with Crippen LogP contribution in [-0.2, 0) is 17.9 Å². The molecule has 0 radical (unpaired) electrons. The molecule has 5 nitrogen and oxygen atoms in total. The summed E-state index contributed by atoms with van der Waals surface area (Å²) < 4.78 is 21.1. The molecule has 4 rings (SSSR count). The number of aromatic nitrogens is 3. The smallest absolute Gasteiger partial charge is 0.136 e. The minimum atomic E-state index is -0.262. The molecule has 0 amide bonds. The van der Waals surface area contributed by atoms with Crippen LogP contribution in [0.2, 0.25) is 0 Å². The molecule has 0 unspecified atom stereocenters. The minimum absolute atomic E-state index is 0.152. The van der Waals surface area contributed by atoms with E-state index in [0.29, 0.717) is 18.7 Å². The normalized spacial score (nSPS) is 17.8. The predicted molar refractivity (Wildman–Crippen MR) is 82.2 cm³/mol. The van der Waals surface area contributed by atoms with Crippen LogP contribution in [-0.4, -0.2) is 27.7 Å². The van der Waals surface area contributed by atoms with Crippen molar-refractivity contribution >= 4 is 22.4 Å². The number of nitrogens with one attached hydrogen (secondary N) is 1. The molecule has 7 heteroatoms. The Bertz CT molecular complexity index is 786. The number of hydrogen-bond donors (Lipinski definition) is 1. The van der Waals surface area contributed by atoms with Crippen molar-refractivity contribution in [2.75, 3.05) is 13.2 Å². The molecule has 3 heterocycles. The van der Waals surface area contributed by atoms with E-state index >= 15 is 0 Å². The maximum absolute atomic E-state index is 13.4. The molecule has 1 atom stereocenters. The van der Waals surface area contributed by atoms with Gasteiger partial charge in [-0.2, -0.15) is 0 Å². The van der Waals surface area contributed by atoms with Gasteiger partial charge in [-0.3, -0.25) is 0 Å². The molecule has 1 aliphatic heterocycles. The second kappa shape index (κ2) is 5.75. The van der Waals surface area contributed by atoms with Gasteiger partial charge in [0, 0.05) is 30.7 Å². The molecule has 0 fully saturated rings. The van der Waals surface area contributed by atoms with Gasteiger partial charge in [-0.25, -0.2) is 14.4 Å². The fraction of sp³-hybridized carbons (Fsp3) is 0.333. The summed E-state index contributed by atoms with van der Waals surface area (Å²) in [6.45, 7) is 2.60. The van der Waals surface area contributed by atoms with Crippen molar-refractivity contribution in [3.05, 3.63) is 46.4 Å². The van der Waals surface area contributed by atoms with Gasteiger partial charge >= 0.3 is 0 Å². The summed E-state index contributed by atoms with van der Waals surface area (Å²) in [7, 11) is 0. The Hall–Kier alpha value is -1.83. The molecular weight excluding hydrogens is 303 g/mol. The van der Waals surface area contributed by atoms with Crippen LogP contribution in [0, 0.1) is 5.82 Å². The molecule has 2 aromatic heterocycles. The molecule has 114 valence electrons. The Kier molecular flexibility index (Phi) is 3.61. The Balaban J connectivity index is 1.57. The first-order valence-electron chi connectivity index (χ1n) is 7.14. The van der Waals surface area contributed by atoms with Crippen molar-refractivity contribution in [1.82, 2.24) is 19.9 Å². The lowest BCUT2D eigenvalue weighted by molar-refractivity contribution is 0.0564. The van der Waals surface area contributed by atoms with Gasteiger partial charge in [0.15, 0.2) is 0 Å². The Morgan fingerprint density at radius 1 is 1.45 bits per heavy atom. The highest BCUT2D eigenvalue weighted by Crippen LogP contribution is 2.26. The number of benzene rings is 1. The fourth-order valence-electron chi connectivity index (χ4n) is 2.83. The van der Waals surface area contributed by atoms with E-state index in [1.54, 1.807) is 23.6 Å². The van der Waals surface area contributed by atoms with Crippen molar-refractivity contribution in [2.24, 2.45) is 0 Å². The van der Waals surface area contributed by atoms with E-state index < -0.39 is 0 Å². The highest BCUT2D eigenvalue weighted by Gasteiger charge is 2.23. The predicted octanol–water partition coefficient (Wildman–Crippen LogP) is 2.49. The lowest BCUT2D eigenvalue weighted by Gasteiger charge is -2.26. The summed E-state index contributed by atoms with van der Waals surface area (Å²) in [5.41, 5.74) is 1.64. The second-order valence-corrected chi connectivity index (χ2v) is 6.24. The van der Waals surface area contributed by atoms with E-state index in [1.807, 2.05) is 5.38 Å². The number of thiazole rings is 1. The number of halogens is 1. The zero-order chi connectivity index (χ0) is 14.9. The van der Waals surface area contributed by atoms with Crippen LogP contribution >= 0.6 is 11.3 Å². The van der Waals surface area contributed by atoms with Gasteiger partial charge in [0.2, 0.25) is 0 Å². The molecular formula is C15H15FN4OS. The summed E-state index contributed by atoms with van der Waals surface area (Å²) in [6, 6.07) is 4.90. The third kappa shape index (κ3) is 2.51. The van der Waals surface area contributed by atoms with Crippen molar-refractivity contribution in [3.8, 4) is 0 Å². The molecule has 0 saturated heterocycles. The first-order chi connectivity index (χ1) is 10.8. The summed E-state index contributed by atoms with van der Waals surface area (Å²) in [6.07, 6.45) is 1.81. The van der Waals surface area contributed by atoms with Gasteiger partial charge in [-0.1, -0.05) is 0 Å². The largest absolute Gasteiger partial charge is 0.371 e. The van der Waals surface area contributed by atoms with Gasteiger partial charge in [0.25, 0.3) is 0 Å². The van der Waals surface area contributed by atoms with Gasteiger partial charge in [0.05, 0.1) is 23.7 Å². The van der Waals surface area contributed by atoms with Crippen LogP contribution in [0.5, 0.6) is 0 Å². The lowest BCUT2D eigenvalue weighted by Crippen LogP contribution is -2.32. The monoisotopic (exact) mass is 318 g/mol. The Morgan fingerprint density at radius 2 is 2.41 bits per heavy atom. The number of hydrogen-bond acceptors (Lipinski definition) is 5. The summed E-state index contributed by atoms with van der Waals surface area (Å²) >= 11 is 1.64. The highest BCUT2D eigenvalue weighted by molar-refractivity contribution is 7.09. The van der Waals surface area contributed by atoms with Crippen LogP contribution in [0.3, 0.4) is 0 Å². The molecule has 22 heavy (non-hydrogen) atoms. The van der Waals surface area contributed by atoms with Crippen molar-refractivity contribution in [3.63, 3.8) is 0 Å². The van der Waals surface area contributed by atoms with Crippen LogP contribution in [0.25, 0.3) is 11.0 Å². The van der Waals surface area contributed by atoms with Crippen molar-refractivity contribution in [1.29, 1.82) is 0 Å². The molecule has 1 aromatic carbocycles. The van der Waals surface area contributed by atoms with Crippen molar-refractivity contribution < 1.29 is 9.13 Å². The topological polar surface area (TPSA) is 52.0 Å². The van der Waals surface area contributed by atoms with E-state index in [-0.39, 0.29) is 11.9 Å². The summed E-state index contributed by atoms with van der Waals surface area (Å²) in [4.78, 5) is 8.74. The second-order valence-electron chi connectivity index (χ2n) is 5.26. The summed E-state index contributed by atoms with van der Waals surface area (Å²) in [5.74, 6) is 0.593. The molecule has 0 aliphatic carbocycles. The maximum atomic E-state index is 13.4. The van der Waals surface area contributed by atoms with Crippen molar-refractivity contribution in [2.45, 2.75) is 19.2 Å². The summed E-state index contributed by atoms with van der Waals surface area (Å²) in [5, 5.41) is 6.44. The van der Waals surface area contributed by atoms with E-state index in [2.05, 4.69) is 19.9 Å². The van der Waals surface area contributed by atoms with E-state index in [1.165, 1.54) is 12.1 Å². The van der Waals surface area contributed by atoms with Gasteiger partial charge in [-0.05, 0) is 12.1 Å². The first kappa shape index (κ1) is 13.8. The third-order valence-corrected chi connectivity index (χ3v) is 4.55. The molecule has 0 spiro atoms. The first-order valence-corrected chi connectivity index (χ1v) is 8.02. The maximum Gasteiger partial charge on any atom is 0.136 e. The fourth-order valence-corrected chi connectivity index (χ4v) is 3.41. The average molecular weight is 318 g/mol. The quantitative estimate of drug-likeness (QED) is 0.803. The van der Waals surface area contributed by atoms with Gasteiger partial charge < -0.3 is 14.6 Å². The van der Waals surface area contributed by atoms with E-state index in [0.717, 1.165) is 29.4 Å². The molecule has 0 bridgehead atoms. The Morgan fingerprint density at radius 3 is 3.27 bits per heavy atom. The molecule has 0 saturated carbocycles. The number of imidazole rings is 1. The zero-order valence-electron chi connectivity index (χ0n) is 11.8. The van der Waals surface area contributed by atoms with E-state index in [4.69, 9.17) is 4.74 Å². The van der Waals surface area contributed by atoms with Gasteiger partial charge in [0.1, 0.15) is 23.3 Å². The van der Waals surface area contributed by atoms with Crippen LogP contribution in [0.1, 0.15) is 16.9 Å². The number of ether oxygens (including phenoxy) is 1. The van der Waals surface area contributed by atoms with Crippen LogP contribution in [0.4, 0.5) is 4.39 Å². The zero-order valence-corrected chi connectivity index (χ0v) is 12.6. The molecule has 3 aromatic rings. The van der Waals surface area contributed by atoms with Crippen LogP contribution < -0.4 is 5.32 Å². The van der Waals surface area contributed by atoms with Crippen LogP contribution in [0.15, 0.2) is 29.8 Å². The number of rotatable bonds is 4. The highest BCUT2D eigenvalue weighted by atomic mass is 32.1. The Labute approximate surface area is 130 Å². The standard InChI is InChI=1S/C15H15FN4OS/c16-10-1-2-13-12(5-10)19-14-9-21-8-11(20(13)14)6-17-7-15-18-3-4-22-15/h1-5,11,17H,6-9H2/t11-/m0/s1. The number of nitrogens with zero attached hydrogens (tertiary/aromatic N) is 3.